The highest BCUT2D eigenvalue weighted by atomic mass is 35.5. The maximum Gasteiger partial charge on any atom is 0.255 e. The zero-order chi connectivity index (χ0) is 13.2. The molecule has 1 aromatic carbocycles. The zero-order valence-corrected chi connectivity index (χ0v) is 11.6. The van der Waals surface area contributed by atoms with Gasteiger partial charge in [0.15, 0.2) is 0 Å². The molecular weight excluding hydrogens is 273 g/mol. The Morgan fingerprint density at radius 3 is 2.72 bits per heavy atom. The van der Waals surface area contributed by atoms with Gasteiger partial charge < -0.3 is 10.1 Å². The molecule has 5 heteroatoms. The van der Waals surface area contributed by atoms with E-state index in [1.165, 1.54) is 7.11 Å². The Balaban J connectivity index is 2.20. The molecule has 1 N–H and O–H groups in total. The summed E-state index contributed by atoms with van der Waals surface area (Å²) in [6, 6.07) is 4.99. The molecule has 0 atom stereocenters. The van der Waals surface area contributed by atoms with Gasteiger partial charge >= 0.3 is 0 Å². The number of halogens is 2. The third kappa shape index (κ3) is 2.57. The second kappa shape index (κ2) is 5.37. The van der Waals surface area contributed by atoms with E-state index in [2.05, 4.69) is 5.32 Å². The van der Waals surface area contributed by atoms with E-state index in [9.17, 15) is 4.79 Å². The molecule has 1 amide bonds. The maximum absolute atomic E-state index is 12.2. The fraction of sp³-hybridized carbons (Fsp3) is 0.462. The summed E-state index contributed by atoms with van der Waals surface area (Å²) in [4.78, 5) is 12.2. The number of rotatable bonds is 4. The molecule has 0 heterocycles. The summed E-state index contributed by atoms with van der Waals surface area (Å²) in [5.41, 5.74) is 0.188. The molecule has 1 aliphatic rings. The molecule has 0 spiro atoms. The number of nitrogens with one attached hydrogen (secondary N) is 1. The Hall–Kier alpha value is -0.930. The van der Waals surface area contributed by atoms with Crippen molar-refractivity contribution >= 4 is 29.1 Å². The molecule has 1 aromatic rings. The van der Waals surface area contributed by atoms with E-state index in [0.29, 0.717) is 22.2 Å². The molecule has 0 radical (unpaired) electrons. The van der Waals surface area contributed by atoms with Gasteiger partial charge in [0.2, 0.25) is 0 Å². The second-order valence-corrected chi connectivity index (χ2v) is 5.27. The van der Waals surface area contributed by atoms with Gasteiger partial charge in [-0.05, 0) is 37.5 Å². The zero-order valence-electron chi connectivity index (χ0n) is 10.1. The first-order valence-corrected chi connectivity index (χ1v) is 6.73. The van der Waals surface area contributed by atoms with Crippen molar-refractivity contribution < 1.29 is 9.53 Å². The number of ether oxygens (including phenoxy) is 1. The summed E-state index contributed by atoms with van der Waals surface area (Å²) < 4.78 is 5.17. The minimum Gasteiger partial charge on any atom is -0.496 e. The number of methoxy groups -OCH3 is 1. The van der Waals surface area contributed by atoms with Crippen molar-refractivity contribution in [2.45, 2.75) is 24.8 Å². The van der Waals surface area contributed by atoms with E-state index in [0.717, 1.165) is 19.3 Å². The fourth-order valence-corrected chi connectivity index (χ4v) is 2.57. The Morgan fingerprint density at radius 2 is 2.22 bits per heavy atom. The summed E-state index contributed by atoms with van der Waals surface area (Å²) in [6.07, 6.45) is 2.94. The van der Waals surface area contributed by atoms with Crippen LogP contribution < -0.4 is 10.1 Å². The van der Waals surface area contributed by atoms with Crippen molar-refractivity contribution in [3.05, 3.63) is 28.8 Å². The minimum atomic E-state index is -0.258. The molecule has 0 aromatic heterocycles. The largest absolute Gasteiger partial charge is 0.496 e. The molecule has 18 heavy (non-hydrogen) atoms. The van der Waals surface area contributed by atoms with Crippen molar-refractivity contribution in [2.75, 3.05) is 13.0 Å². The molecule has 0 aliphatic heterocycles. The normalized spacial score (nSPS) is 16.8. The lowest BCUT2D eigenvalue weighted by molar-refractivity contribution is 0.0851. The quantitative estimate of drug-likeness (QED) is 0.864. The Morgan fingerprint density at radius 1 is 1.50 bits per heavy atom. The number of alkyl halides is 1. The van der Waals surface area contributed by atoms with Crippen LogP contribution in [-0.2, 0) is 0 Å². The van der Waals surface area contributed by atoms with E-state index in [1.54, 1.807) is 18.2 Å². The van der Waals surface area contributed by atoms with Crippen molar-refractivity contribution in [1.82, 2.24) is 5.32 Å². The van der Waals surface area contributed by atoms with E-state index in [1.807, 2.05) is 0 Å². The fourth-order valence-electron chi connectivity index (χ4n) is 2.06. The number of carbonyl (C=O) groups is 1. The van der Waals surface area contributed by atoms with Crippen molar-refractivity contribution in [2.24, 2.45) is 0 Å². The van der Waals surface area contributed by atoms with Crippen molar-refractivity contribution in [3.8, 4) is 5.75 Å². The summed E-state index contributed by atoms with van der Waals surface area (Å²) in [6.45, 7) is 0. The summed E-state index contributed by atoms with van der Waals surface area (Å²) in [7, 11) is 1.53. The predicted octanol–water partition coefficient (Wildman–Crippen LogP) is 3.24. The van der Waals surface area contributed by atoms with E-state index >= 15 is 0 Å². The van der Waals surface area contributed by atoms with E-state index in [4.69, 9.17) is 27.9 Å². The topological polar surface area (TPSA) is 38.3 Å². The molecule has 0 saturated heterocycles. The summed E-state index contributed by atoms with van der Waals surface area (Å²) >= 11 is 11.8. The molecule has 1 aliphatic carbocycles. The molecule has 2 rings (SSSR count). The molecule has 98 valence electrons. The number of hydrogen-bond donors (Lipinski definition) is 1. The lowest BCUT2D eigenvalue weighted by Crippen LogP contribution is -2.55. The van der Waals surface area contributed by atoms with Gasteiger partial charge in [-0.2, -0.15) is 0 Å². The maximum atomic E-state index is 12.2. The number of benzene rings is 1. The molecular formula is C13H15Cl2NO2. The lowest BCUT2D eigenvalue weighted by Gasteiger charge is -2.41. The van der Waals surface area contributed by atoms with Gasteiger partial charge in [0.05, 0.1) is 18.2 Å². The first-order chi connectivity index (χ1) is 8.60. The SMILES string of the molecule is COc1ccc(Cl)cc1C(=O)NC1(CCl)CCC1. The van der Waals surface area contributed by atoms with Gasteiger partial charge in [0, 0.05) is 10.9 Å². The van der Waals surface area contributed by atoms with Crippen molar-refractivity contribution in [1.29, 1.82) is 0 Å². The highest BCUT2D eigenvalue weighted by molar-refractivity contribution is 6.31. The highest BCUT2D eigenvalue weighted by Gasteiger charge is 2.38. The van der Waals surface area contributed by atoms with E-state index in [-0.39, 0.29) is 11.4 Å². The molecule has 0 unspecified atom stereocenters. The van der Waals surface area contributed by atoms with Crippen LogP contribution in [0.1, 0.15) is 29.6 Å². The third-order valence-corrected chi connectivity index (χ3v) is 4.10. The molecule has 1 saturated carbocycles. The molecule has 3 nitrogen and oxygen atoms in total. The van der Waals surface area contributed by atoms with Crippen LogP contribution in [0.5, 0.6) is 5.75 Å². The van der Waals surface area contributed by atoms with Gasteiger partial charge in [0.1, 0.15) is 5.75 Å². The van der Waals surface area contributed by atoms with Crippen LogP contribution in [0, 0.1) is 0 Å². The van der Waals surface area contributed by atoms with Crippen LogP contribution in [0.15, 0.2) is 18.2 Å². The van der Waals surface area contributed by atoms with Gasteiger partial charge in [-0.15, -0.1) is 11.6 Å². The van der Waals surface area contributed by atoms with Gasteiger partial charge in [0.25, 0.3) is 5.91 Å². The van der Waals surface area contributed by atoms with Gasteiger partial charge in [-0.3, -0.25) is 4.79 Å². The minimum absolute atomic E-state index is 0.185. The number of hydrogen-bond acceptors (Lipinski definition) is 2. The first-order valence-electron chi connectivity index (χ1n) is 5.82. The number of amides is 1. The molecule has 0 bridgehead atoms. The smallest absolute Gasteiger partial charge is 0.255 e. The summed E-state index contributed by atoms with van der Waals surface area (Å²) in [5, 5.41) is 3.50. The Kier molecular flexibility index (Phi) is 4.03. The third-order valence-electron chi connectivity index (χ3n) is 3.35. The molecule has 1 fully saturated rings. The number of carbonyl (C=O) groups excluding carboxylic acids is 1. The second-order valence-electron chi connectivity index (χ2n) is 4.57. The Labute approximate surface area is 116 Å². The monoisotopic (exact) mass is 287 g/mol. The van der Waals surface area contributed by atoms with Gasteiger partial charge in [-0.1, -0.05) is 11.6 Å². The average Bonchev–Trinajstić information content (AvgIpc) is 2.33. The lowest BCUT2D eigenvalue weighted by atomic mass is 9.78. The van der Waals surface area contributed by atoms with Crippen molar-refractivity contribution in [3.63, 3.8) is 0 Å². The van der Waals surface area contributed by atoms with E-state index < -0.39 is 0 Å². The average molecular weight is 288 g/mol. The van der Waals surface area contributed by atoms with Gasteiger partial charge in [-0.25, -0.2) is 0 Å². The standard InChI is InChI=1S/C13H15Cl2NO2/c1-18-11-4-3-9(15)7-10(11)12(17)16-13(8-14)5-2-6-13/h3-4,7H,2,5-6,8H2,1H3,(H,16,17). The Bertz CT molecular complexity index is 453. The summed E-state index contributed by atoms with van der Waals surface area (Å²) in [5.74, 6) is 0.761. The highest BCUT2D eigenvalue weighted by Crippen LogP contribution is 2.34. The van der Waals surface area contributed by atoms with Crippen LogP contribution in [0.25, 0.3) is 0 Å². The van der Waals surface area contributed by atoms with Crippen LogP contribution in [0.2, 0.25) is 5.02 Å². The van der Waals surface area contributed by atoms with Crippen LogP contribution >= 0.6 is 23.2 Å². The van der Waals surface area contributed by atoms with Crippen LogP contribution in [0.3, 0.4) is 0 Å². The first kappa shape index (κ1) is 13.5. The van der Waals surface area contributed by atoms with Crippen LogP contribution in [0.4, 0.5) is 0 Å². The predicted molar refractivity (Wildman–Crippen MR) is 72.8 cm³/mol. The van der Waals surface area contributed by atoms with Crippen LogP contribution in [-0.4, -0.2) is 24.4 Å².